The van der Waals surface area contributed by atoms with Crippen molar-refractivity contribution in [3.8, 4) is 11.5 Å². The molecule has 10 nitrogen and oxygen atoms in total. The maximum atomic E-state index is 12.6. The number of anilines is 1. The summed E-state index contributed by atoms with van der Waals surface area (Å²) in [5, 5.41) is 20.2. The number of amides is 2. The molecule has 2 amide bonds. The van der Waals surface area contributed by atoms with Gasteiger partial charge in [-0.1, -0.05) is 18.2 Å². The maximum absolute atomic E-state index is 12.6. The number of hydroxylamine groups is 1. The van der Waals surface area contributed by atoms with E-state index in [2.05, 4.69) is 5.32 Å². The molecule has 10 heteroatoms. The predicted octanol–water partition coefficient (Wildman–Crippen LogP) is 2.82. The maximum Gasteiger partial charge on any atom is 0.412 e. The first-order valence-electron chi connectivity index (χ1n) is 10.1. The van der Waals surface area contributed by atoms with Crippen LogP contribution < -0.4 is 20.3 Å². The van der Waals surface area contributed by atoms with Crippen LogP contribution in [-0.2, 0) is 14.3 Å². The number of aliphatic hydroxyl groups excluding tert-OH is 1. The number of hydrogen-bond acceptors (Lipinski definition) is 8. The number of benzene rings is 2. The summed E-state index contributed by atoms with van der Waals surface area (Å²) in [7, 11) is 3.01. The predicted molar refractivity (Wildman–Crippen MR) is 119 cm³/mol. The number of rotatable bonds is 12. The Labute approximate surface area is 191 Å². The Morgan fingerprint density at radius 2 is 1.70 bits per heavy atom. The summed E-state index contributed by atoms with van der Waals surface area (Å²) in [5.74, 6) is 0.501. The minimum atomic E-state index is -0.832. The van der Waals surface area contributed by atoms with Gasteiger partial charge in [-0.3, -0.25) is 15.3 Å². The molecule has 0 radical (unpaired) electrons. The average Bonchev–Trinajstić information content (AvgIpc) is 2.85. The summed E-state index contributed by atoms with van der Waals surface area (Å²) >= 11 is 0. The Morgan fingerprint density at radius 3 is 2.27 bits per heavy atom. The van der Waals surface area contributed by atoms with Crippen LogP contribution in [0, 0.1) is 0 Å². The Morgan fingerprint density at radius 1 is 1.03 bits per heavy atom. The zero-order valence-corrected chi connectivity index (χ0v) is 18.4. The van der Waals surface area contributed by atoms with Crippen LogP contribution in [0.15, 0.2) is 60.7 Å². The lowest BCUT2D eigenvalue weighted by molar-refractivity contribution is -0.124. The van der Waals surface area contributed by atoms with E-state index in [1.807, 2.05) is 0 Å². The number of methoxy groups -OCH3 is 2. The summed E-state index contributed by atoms with van der Waals surface area (Å²) in [6.45, 7) is 0.0421. The topological polar surface area (TPSA) is 136 Å². The molecule has 0 aliphatic carbocycles. The van der Waals surface area contributed by atoms with Crippen LogP contribution in [0.5, 0.6) is 11.5 Å². The number of ether oxygens (including phenoxy) is 4. The van der Waals surface area contributed by atoms with E-state index in [0.29, 0.717) is 22.7 Å². The van der Waals surface area contributed by atoms with Crippen LogP contribution in [0.1, 0.15) is 18.1 Å². The molecule has 0 spiro atoms. The standard InChI is InChI=1S/C23H28N2O8/c1-30-18-12-8-17(9-13-18)24-23(28)33-22(20(31-2)4-3-5-21(27)25-29)16-6-10-19(11-7-16)32-15-14-26/h3,5-13,20,22,26,29H,4,14-15H2,1-2H3,(H,24,28)(H,25,27)/b5-3+/t20-,22-/m0/s1. The molecular weight excluding hydrogens is 432 g/mol. The second-order valence-corrected chi connectivity index (χ2v) is 6.71. The third kappa shape index (κ3) is 8.45. The lowest BCUT2D eigenvalue weighted by atomic mass is 10.0. The molecule has 0 saturated heterocycles. The lowest BCUT2D eigenvalue weighted by Gasteiger charge is -2.26. The molecule has 0 heterocycles. The molecule has 0 unspecified atom stereocenters. The fourth-order valence-electron chi connectivity index (χ4n) is 2.90. The van der Waals surface area contributed by atoms with Crippen LogP contribution in [0.2, 0.25) is 0 Å². The van der Waals surface area contributed by atoms with E-state index >= 15 is 0 Å². The molecule has 0 aliphatic rings. The Hall–Kier alpha value is -3.60. The molecular formula is C23H28N2O8. The highest BCUT2D eigenvalue weighted by atomic mass is 16.6. The normalized spacial score (nSPS) is 12.6. The van der Waals surface area contributed by atoms with Crippen molar-refractivity contribution in [1.29, 1.82) is 0 Å². The van der Waals surface area contributed by atoms with Gasteiger partial charge >= 0.3 is 6.09 Å². The molecule has 2 rings (SSSR count). The van der Waals surface area contributed by atoms with Crippen LogP contribution in [0.3, 0.4) is 0 Å². The van der Waals surface area contributed by atoms with Gasteiger partial charge in [0.05, 0.1) is 13.7 Å². The van der Waals surface area contributed by atoms with E-state index in [1.165, 1.54) is 18.7 Å². The van der Waals surface area contributed by atoms with Crippen LogP contribution in [0.4, 0.5) is 10.5 Å². The van der Waals surface area contributed by atoms with Gasteiger partial charge in [-0.25, -0.2) is 10.3 Å². The van der Waals surface area contributed by atoms with Gasteiger partial charge in [0.25, 0.3) is 5.91 Å². The van der Waals surface area contributed by atoms with E-state index in [9.17, 15) is 9.59 Å². The van der Waals surface area contributed by atoms with Crippen molar-refractivity contribution < 1.29 is 38.9 Å². The number of carbonyl (C=O) groups excluding carboxylic acids is 2. The summed E-state index contributed by atoms with van der Waals surface area (Å²) in [6.07, 6.45) is 0.681. The van der Waals surface area contributed by atoms with Gasteiger partial charge in [0.1, 0.15) is 24.2 Å². The molecule has 2 aromatic rings. The molecule has 2 aromatic carbocycles. The highest BCUT2D eigenvalue weighted by Gasteiger charge is 2.27. The second-order valence-electron chi connectivity index (χ2n) is 6.71. The monoisotopic (exact) mass is 460 g/mol. The van der Waals surface area contributed by atoms with Crippen molar-refractivity contribution in [3.63, 3.8) is 0 Å². The molecule has 4 N–H and O–H groups in total. The quantitative estimate of drug-likeness (QED) is 0.216. The minimum Gasteiger partial charge on any atom is -0.497 e. The smallest absolute Gasteiger partial charge is 0.412 e. The highest BCUT2D eigenvalue weighted by molar-refractivity contribution is 5.86. The number of hydrogen-bond donors (Lipinski definition) is 4. The lowest BCUT2D eigenvalue weighted by Crippen LogP contribution is -2.28. The Bertz CT molecular complexity index is 900. The van der Waals surface area contributed by atoms with Gasteiger partial charge < -0.3 is 24.1 Å². The molecule has 33 heavy (non-hydrogen) atoms. The summed E-state index contributed by atoms with van der Waals surface area (Å²) in [5.41, 5.74) is 2.65. The van der Waals surface area contributed by atoms with Gasteiger partial charge in [0, 0.05) is 18.9 Å². The van der Waals surface area contributed by atoms with E-state index in [0.717, 1.165) is 6.08 Å². The van der Waals surface area contributed by atoms with E-state index in [4.69, 9.17) is 29.3 Å². The van der Waals surface area contributed by atoms with Crippen molar-refractivity contribution in [1.82, 2.24) is 5.48 Å². The van der Waals surface area contributed by atoms with Crippen molar-refractivity contribution in [2.45, 2.75) is 18.6 Å². The third-order valence-electron chi connectivity index (χ3n) is 4.53. The van der Waals surface area contributed by atoms with E-state index < -0.39 is 24.2 Å². The van der Waals surface area contributed by atoms with Gasteiger partial charge in [-0.2, -0.15) is 0 Å². The number of carbonyl (C=O) groups is 2. The highest BCUT2D eigenvalue weighted by Crippen LogP contribution is 2.28. The first kappa shape index (κ1) is 25.7. The molecule has 178 valence electrons. The van der Waals surface area contributed by atoms with Gasteiger partial charge in [-0.15, -0.1) is 0 Å². The Balaban J connectivity index is 2.19. The van der Waals surface area contributed by atoms with Gasteiger partial charge in [0.2, 0.25) is 0 Å². The fraction of sp³-hybridized carbons (Fsp3) is 0.304. The van der Waals surface area contributed by atoms with E-state index in [1.54, 1.807) is 55.6 Å². The van der Waals surface area contributed by atoms with Crippen LogP contribution >= 0.6 is 0 Å². The van der Waals surface area contributed by atoms with Gasteiger partial charge in [-0.05, 0) is 48.4 Å². The van der Waals surface area contributed by atoms with Crippen molar-refractivity contribution in [2.75, 3.05) is 32.8 Å². The number of nitrogens with one attached hydrogen (secondary N) is 2. The summed E-state index contributed by atoms with van der Waals surface area (Å²) < 4.78 is 21.7. The first-order valence-corrected chi connectivity index (χ1v) is 10.1. The SMILES string of the molecule is COc1ccc(NC(=O)O[C@@H](c2ccc(OCCO)cc2)[C@H](C/C=C/C(=O)NO)OC)cc1. The minimum absolute atomic E-state index is 0.113. The molecule has 0 bridgehead atoms. The summed E-state index contributed by atoms with van der Waals surface area (Å²) in [6, 6.07) is 13.6. The average molecular weight is 460 g/mol. The molecule has 0 saturated carbocycles. The Kier molecular flexibility index (Phi) is 10.7. The van der Waals surface area contributed by atoms with Crippen molar-refractivity contribution in [2.24, 2.45) is 0 Å². The van der Waals surface area contributed by atoms with Crippen molar-refractivity contribution in [3.05, 3.63) is 66.2 Å². The van der Waals surface area contributed by atoms with Gasteiger partial charge in [0.15, 0.2) is 6.10 Å². The molecule has 0 aliphatic heterocycles. The fourth-order valence-corrected chi connectivity index (χ4v) is 2.90. The number of aliphatic hydroxyl groups is 1. The molecule has 2 atom stereocenters. The first-order chi connectivity index (χ1) is 16.0. The second kappa shape index (κ2) is 13.7. The molecule has 0 aromatic heterocycles. The molecule has 0 fully saturated rings. The van der Waals surface area contributed by atoms with E-state index in [-0.39, 0.29) is 19.6 Å². The van der Waals surface area contributed by atoms with Crippen molar-refractivity contribution >= 4 is 17.7 Å². The zero-order chi connectivity index (χ0) is 24.1. The zero-order valence-electron chi connectivity index (χ0n) is 18.4. The van der Waals surface area contributed by atoms with Crippen LogP contribution in [0.25, 0.3) is 0 Å². The largest absolute Gasteiger partial charge is 0.497 e. The summed E-state index contributed by atoms with van der Waals surface area (Å²) in [4.78, 5) is 23.9. The third-order valence-corrected chi connectivity index (χ3v) is 4.53. The van der Waals surface area contributed by atoms with Crippen LogP contribution in [-0.4, -0.2) is 55.9 Å².